The Hall–Kier alpha value is -3.49. The van der Waals surface area contributed by atoms with Crippen LogP contribution >= 0.6 is 11.6 Å². The third kappa shape index (κ3) is 4.56. The number of amides is 1. The van der Waals surface area contributed by atoms with E-state index < -0.39 is 0 Å². The van der Waals surface area contributed by atoms with Crippen LogP contribution in [-0.4, -0.2) is 52.3 Å². The van der Waals surface area contributed by atoms with Crippen LogP contribution in [0.1, 0.15) is 17.3 Å². The number of hydrogen-bond acceptors (Lipinski definition) is 6. The van der Waals surface area contributed by atoms with Gasteiger partial charge in [-0.2, -0.15) is 0 Å². The number of nitrogens with zero attached hydrogens (tertiary/aromatic N) is 5. The summed E-state index contributed by atoms with van der Waals surface area (Å²) < 4.78 is 6.85. The molecule has 9 heteroatoms. The van der Waals surface area contributed by atoms with Crippen LogP contribution in [0.5, 0.6) is 0 Å². The highest BCUT2D eigenvalue weighted by atomic mass is 35.5. The number of anilines is 2. The van der Waals surface area contributed by atoms with E-state index in [0.29, 0.717) is 53.1 Å². The molecule has 0 saturated carbocycles. The summed E-state index contributed by atoms with van der Waals surface area (Å²) in [7, 11) is 1.66. The molecule has 1 N–H and O–H groups in total. The Balaban J connectivity index is 1.82. The molecule has 32 heavy (non-hydrogen) atoms. The predicted molar refractivity (Wildman–Crippen MR) is 125 cm³/mol. The number of likely N-dealkylation sites (N-methyl/N-ethyl adjacent to an activating group) is 1. The minimum absolute atomic E-state index is 0.300. The molecule has 0 radical (unpaired) electrons. The summed E-state index contributed by atoms with van der Waals surface area (Å²) >= 11 is 6.38. The fraction of sp³-hybridized carbons (Fsp3) is 0.217. The van der Waals surface area contributed by atoms with Gasteiger partial charge < -0.3 is 15.0 Å². The number of ether oxygens (including phenoxy) is 1. The molecule has 0 aliphatic carbocycles. The van der Waals surface area contributed by atoms with E-state index in [1.807, 2.05) is 30.0 Å². The van der Waals surface area contributed by atoms with Crippen LogP contribution in [0.2, 0.25) is 5.02 Å². The molecule has 0 aliphatic rings. The second-order valence-electron chi connectivity index (χ2n) is 7.06. The standard InChI is InChI=1S/C23H23ClN6O2/c1-3-29(11-12-32-2)21-13-18(23(31)26-16-7-6-10-25-14-16)22-27-20(15-30(22)28-21)17-8-4-5-9-19(17)24/h4-10,13-15H,3,11-12H2,1-2H3,(H,26,31). The Kier molecular flexibility index (Phi) is 6.63. The number of carbonyl (C=O) groups excluding carboxylic acids is 1. The van der Waals surface area contributed by atoms with Gasteiger partial charge in [-0.1, -0.05) is 29.8 Å². The molecule has 164 valence electrons. The lowest BCUT2D eigenvalue weighted by Gasteiger charge is -2.22. The van der Waals surface area contributed by atoms with Gasteiger partial charge in [0.1, 0.15) is 0 Å². The van der Waals surface area contributed by atoms with Crippen LogP contribution in [0, 0.1) is 0 Å². The zero-order chi connectivity index (χ0) is 22.5. The molecule has 0 fully saturated rings. The number of pyridine rings is 1. The van der Waals surface area contributed by atoms with Crippen LogP contribution in [0.4, 0.5) is 11.5 Å². The van der Waals surface area contributed by atoms with Crippen molar-refractivity contribution in [2.45, 2.75) is 6.92 Å². The highest BCUT2D eigenvalue weighted by Gasteiger charge is 2.20. The minimum Gasteiger partial charge on any atom is -0.383 e. The molecular formula is C23H23ClN6O2. The van der Waals surface area contributed by atoms with Gasteiger partial charge in [0.2, 0.25) is 0 Å². The second-order valence-corrected chi connectivity index (χ2v) is 7.47. The molecular weight excluding hydrogens is 428 g/mol. The summed E-state index contributed by atoms with van der Waals surface area (Å²) in [6.45, 7) is 3.92. The molecule has 0 unspecified atom stereocenters. The van der Waals surface area contributed by atoms with E-state index in [9.17, 15) is 4.79 Å². The Labute approximate surface area is 190 Å². The number of aromatic nitrogens is 4. The van der Waals surface area contributed by atoms with Gasteiger partial charge >= 0.3 is 0 Å². The fourth-order valence-electron chi connectivity index (χ4n) is 3.36. The van der Waals surface area contributed by atoms with E-state index in [0.717, 1.165) is 5.56 Å². The molecule has 0 aliphatic heterocycles. The van der Waals surface area contributed by atoms with Gasteiger partial charge in [-0.05, 0) is 31.2 Å². The molecule has 0 spiro atoms. The number of fused-ring (bicyclic) bond motifs is 1. The Bertz CT molecular complexity index is 1230. The van der Waals surface area contributed by atoms with Crippen molar-refractivity contribution < 1.29 is 9.53 Å². The molecule has 3 heterocycles. The first kappa shape index (κ1) is 21.7. The van der Waals surface area contributed by atoms with Gasteiger partial charge in [0.25, 0.3) is 5.91 Å². The SMILES string of the molecule is CCN(CCOC)c1cc(C(=O)Nc2cccnc2)c2nc(-c3ccccc3Cl)cn2n1. The zero-order valence-corrected chi connectivity index (χ0v) is 18.6. The van der Waals surface area contributed by atoms with E-state index in [4.69, 9.17) is 26.4 Å². The lowest BCUT2D eigenvalue weighted by molar-refractivity contribution is 0.102. The Morgan fingerprint density at radius 3 is 2.81 bits per heavy atom. The molecule has 1 amide bonds. The van der Waals surface area contributed by atoms with E-state index >= 15 is 0 Å². The molecule has 0 saturated heterocycles. The smallest absolute Gasteiger partial charge is 0.259 e. The van der Waals surface area contributed by atoms with Crippen molar-refractivity contribution in [2.24, 2.45) is 0 Å². The summed E-state index contributed by atoms with van der Waals surface area (Å²) in [6, 6.07) is 12.7. The lowest BCUT2D eigenvalue weighted by atomic mass is 10.2. The van der Waals surface area contributed by atoms with Gasteiger partial charge in [0.05, 0.1) is 41.0 Å². The molecule has 4 rings (SSSR count). The number of benzene rings is 1. The van der Waals surface area contributed by atoms with Crippen molar-refractivity contribution in [1.82, 2.24) is 19.6 Å². The first-order chi connectivity index (χ1) is 15.6. The Morgan fingerprint density at radius 2 is 2.09 bits per heavy atom. The highest BCUT2D eigenvalue weighted by molar-refractivity contribution is 6.33. The van der Waals surface area contributed by atoms with Crippen LogP contribution in [0.15, 0.2) is 61.1 Å². The van der Waals surface area contributed by atoms with Crippen LogP contribution < -0.4 is 10.2 Å². The number of hydrogen-bond donors (Lipinski definition) is 1. The maximum Gasteiger partial charge on any atom is 0.259 e. The number of imidazole rings is 1. The summed E-state index contributed by atoms with van der Waals surface area (Å²) in [5, 5.41) is 8.18. The number of rotatable bonds is 8. The average Bonchev–Trinajstić information content (AvgIpc) is 3.24. The molecule has 8 nitrogen and oxygen atoms in total. The predicted octanol–water partition coefficient (Wildman–Crippen LogP) is 4.17. The van der Waals surface area contributed by atoms with Crippen LogP contribution in [0.25, 0.3) is 16.9 Å². The first-order valence-electron chi connectivity index (χ1n) is 10.2. The van der Waals surface area contributed by atoms with Gasteiger partial charge in [0.15, 0.2) is 11.5 Å². The van der Waals surface area contributed by atoms with Crippen LogP contribution in [0.3, 0.4) is 0 Å². The van der Waals surface area contributed by atoms with Crippen molar-refractivity contribution in [3.8, 4) is 11.3 Å². The average molecular weight is 451 g/mol. The van der Waals surface area contributed by atoms with E-state index in [1.165, 1.54) is 0 Å². The normalized spacial score (nSPS) is 11.0. The third-order valence-corrected chi connectivity index (χ3v) is 5.33. The quantitative estimate of drug-likeness (QED) is 0.433. The van der Waals surface area contributed by atoms with Crippen molar-refractivity contribution in [3.05, 3.63) is 71.6 Å². The number of carbonyl (C=O) groups is 1. The van der Waals surface area contributed by atoms with Crippen LogP contribution in [-0.2, 0) is 4.74 Å². The summed E-state index contributed by atoms with van der Waals surface area (Å²) in [5.41, 5.74) is 2.83. The molecule has 3 aromatic heterocycles. The second kappa shape index (κ2) is 9.76. The van der Waals surface area contributed by atoms with Crippen molar-refractivity contribution in [3.63, 3.8) is 0 Å². The summed E-state index contributed by atoms with van der Waals surface area (Å²) in [4.78, 5) is 24.0. The maximum absolute atomic E-state index is 13.2. The maximum atomic E-state index is 13.2. The first-order valence-corrected chi connectivity index (χ1v) is 10.6. The van der Waals surface area contributed by atoms with Gasteiger partial charge in [0, 0.05) is 32.0 Å². The van der Waals surface area contributed by atoms with E-state index in [1.54, 1.807) is 54.5 Å². The monoisotopic (exact) mass is 450 g/mol. The van der Waals surface area contributed by atoms with Crippen molar-refractivity contribution in [1.29, 1.82) is 0 Å². The minimum atomic E-state index is -0.300. The zero-order valence-electron chi connectivity index (χ0n) is 17.8. The summed E-state index contributed by atoms with van der Waals surface area (Å²) in [5.74, 6) is 0.349. The summed E-state index contributed by atoms with van der Waals surface area (Å²) in [6.07, 6.45) is 5.03. The van der Waals surface area contributed by atoms with Gasteiger partial charge in [-0.15, -0.1) is 5.10 Å². The molecule has 4 aromatic rings. The number of halogens is 1. The number of methoxy groups -OCH3 is 1. The fourth-order valence-corrected chi connectivity index (χ4v) is 3.59. The largest absolute Gasteiger partial charge is 0.383 e. The van der Waals surface area contributed by atoms with Gasteiger partial charge in [-0.3, -0.25) is 9.78 Å². The van der Waals surface area contributed by atoms with Crippen molar-refractivity contribution in [2.75, 3.05) is 37.0 Å². The molecule has 0 bridgehead atoms. The lowest BCUT2D eigenvalue weighted by Crippen LogP contribution is -2.29. The molecule has 0 atom stereocenters. The van der Waals surface area contributed by atoms with E-state index in [-0.39, 0.29) is 5.91 Å². The van der Waals surface area contributed by atoms with Crippen molar-refractivity contribution >= 4 is 34.7 Å². The van der Waals surface area contributed by atoms with E-state index in [2.05, 4.69) is 10.3 Å². The number of nitrogens with one attached hydrogen (secondary N) is 1. The topological polar surface area (TPSA) is 84.6 Å². The Morgan fingerprint density at radius 1 is 1.25 bits per heavy atom. The molecule has 1 aromatic carbocycles. The highest BCUT2D eigenvalue weighted by Crippen LogP contribution is 2.28. The van der Waals surface area contributed by atoms with Gasteiger partial charge in [-0.25, -0.2) is 9.50 Å². The third-order valence-electron chi connectivity index (χ3n) is 5.00.